The highest BCUT2D eigenvalue weighted by Gasteiger charge is 2.36. The Balaban J connectivity index is 0.000000368. The van der Waals surface area contributed by atoms with Gasteiger partial charge in [0.15, 0.2) is 0 Å². The number of ether oxygens (including phenoxy) is 14. The van der Waals surface area contributed by atoms with Crippen LogP contribution < -0.4 is 37.9 Å². The number of carbonyl (C=O) groups is 10. The summed E-state index contributed by atoms with van der Waals surface area (Å²) in [5.74, 6) is 5.24. The standard InChI is InChI=1S/C68H96O15.C49H72O9/c1-5-7-16-23-52-24-26-53(27-25-52)54-28-30-55(31-29-54)66(72)82-58-36-38-59(39-37-58)83-67(73)56-32-34-57(35-33-56)76-44-17-10-8-9-11-19-46-78-63(69)42-43-64(70)79-47-20-13-12-18-45-77-62-41-40-60(75-6-2)50-61(62)68(74)81-49-22-15-14-21-48-80-65(71)51(3)4;1-3-5-7-13-36-55-46(50)33-34-47(51)56-37-15-11-9-8-10-14-35-54-43-27-25-42(26-28-43)49(53)58-45-31-29-44(30-32-45)57-48(52)41-23-21-40(22-24-41)39-19-17-38(18-20-39)16-12-6-4-2/h32-41,50,52-55H,3,5-31,42-49H2,1-2,4H3;25-32,38-41H,3-24,33-37H2,1-2H3. The summed E-state index contributed by atoms with van der Waals surface area (Å²) in [5, 5.41) is 0. The van der Waals surface area contributed by atoms with Crippen LogP contribution in [0.1, 0.15) is 400 Å². The Morgan fingerprint density at radius 2 is 0.553 bits per heavy atom. The molecule has 0 heterocycles. The van der Waals surface area contributed by atoms with Gasteiger partial charge in [-0.1, -0.05) is 175 Å². The highest BCUT2D eigenvalue weighted by molar-refractivity contribution is 5.94. The molecule has 0 N–H and O–H groups in total. The summed E-state index contributed by atoms with van der Waals surface area (Å²) < 4.78 is 77.7. The monoisotopic (exact) mass is 1960 g/mol. The van der Waals surface area contributed by atoms with Crippen molar-refractivity contribution in [2.75, 3.05) is 66.1 Å². The molecule has 5 aromatic carbocycles. The van der Waals surface area contributed by atoms with E-state index in [4.69, 9.17) is 66.3 Å². The van der Waals surface area contributed by atoms with E-state index in [1.807, 2.05) is 6.92 Å². The van der Waals surface area contributed by atoms with Crippen LogP contribution in [-0.4, -0.2) is 126 Å². The average molecular weight is 1960 g/mol. The Hall–Kier alpha value is -10.3. The molecule has 141 heavy (non-hydrogen) atoms. The topological polar surface area (TPSA) is 300 Å². The molecule has 0 amide bonds. The summed E-state index contributed by atoms with van der Waals surface area (Å²) in [5.41, 5.74) is 1.49. The predicted molar refractivity (Wildman–Crippen MR) is 546 cm³/mol. The Bertz CT molecular complexity index is 4370. The van der Waals surface area contributed by atoms with E-state index in [2.05, 4.69) is 27.4 Å². The van der Waals surface area contributed by atoms with Crippen molar-refractivity contribution in [3.05, 3.63) is 144 Å². The van der Waals surface area contributed by atoms with E-state index in [1.165, 1.54) is 103 Å². The van der Waals surface area contributed by atoms with Crippen molar-refractivity contribution in [3.63, 3.8) is 0 Å². The van der Waals surface area contributed by atoms with Gasteiger partial charge in [-0.2, -0.15) is 0 Å². The summed E-state index contributed by atoms with van der Waals surface area (Å²) >= 11 is 0. The largest absolute Gasteiger partial charge is 0.494 e. The second-order valence-electron chi connectivity index (χ2n) is 39.1. The maximum atomic E-state index is 13.1. The number of hydrogen-bond donors (Lipinski definition) is 0. The van der Waals surface area contributed by atoms with Gasteiger partial charge >= 0.3 is 59.7 Å². The number of rotatable bonds is 68. The van der Waals surface area contributed by atoms with Crippen molar-refractivity contribution in [1.29, 1.82) is 0 Å². The maximum absolute atomic E-state index is 13.1. The molecule has 0 bridgehead atoms. The number of hydrogen-bond acceptors (Lipinski definition) is 24. The minimum atomic E-state index is -0.488. The smallest absolute Gasteiger partial charge is 0.343 e. The molecule has 24 heteroatoms. The molecular formula is C117H168O24. The second-order valence-corrected chi connectivity index (χ2v) is 39.1. The fourth-order valence-corrected chi connectivity index (χ4v) is 19.2. The van der Waals surface area contributed by atoms with Crippen LogP contribution in [-0.2, 0) is 62.0 Å². The Morgan fingerprint density at radius 1 is 0.270 bits per heavy atom. The molecular weight excluding hydrogens is 1790 g/mol. The van der Waals surface area contributed by atoms with Gasteiger partial charge in [0.2, 0.25) is 0 Å². The minimum absolute atomic E-state index is 0.0175. The molecule has 4 aliphatic rings. The lowest BCUT2D eigenvalue weighted by Crippen LogP contribution is -2.30. The van der Waals surface area contributed by atoms with E-state index in [1.54, 1.807) is 122 Å². The van der Waals surface area contributed by atoms with Crippen molar-refractivity contribution in [2.24, 2.45) is 47.3 Å². The molecule has 9 rings (SSSR count). The van der Waals surface area contributed by atoms with Crippen LogP contribution in [0.4, 0.5) is 0 Å². The van der Waals surface area contributed by atoms with Crippen molar-refractivity contribution >= 4 is 59.7 Å². The van der Waals surface area contributed by atoms with Gasteiger partial charge in [-0.15, -0.1) is 0 Å². The minimum Gasteiger partial charge on any atom is -0.494 e. The Morgan fingerprint density at radius 3 is 0.894 bits per heavy atom. The molecule has 0 radical (unpaired) electrons. The van der Waals surface area contributed by atoms with Gasteiger partial charge in [0.1, 0.15) is 51.6 Å². The lowest BCUT2D eigenvalue weighted by molar-refractivity contribution is -0.150. The molecule has 4 saturated carbocycles. The summed E-state index contributed by atoms with van der Waals surface area (Å²) in [4.78, 5) is 124. The SMILES string of the molecule is C=C(C)C(=O)OCCCCCCOC(=O)c1cc(OCC)ccc1OCCCCCCOC(=O)CCC(=O)OCCCCCCCCOc1ccc(C(=O)Oc2ccc(OC(=O)C3CCC(C4CCC(CCCCC)CC4)CC3)cc2)cc1.CCCCCCOC(=O)CCC(=O)OCCCCCCCCOc1ccc(C(=O)Oc2ccc(OC(=O)C3CCC(C4CCC(CCCCC)CC4)CC3)cc2)cc1. The van der Waals surface area contributed by atoms with Gasteiger partial charge in [0.25, 0.3) is 0 Å². The predicted octanol–water partition coefficient (Wildman–Crippen LogP) is 27.6. The zero-order valence-electron chi connectivity index (χ0n) is 85.9. The van der Waals surface area contributed by atoms with Crippen LogP contribution in [0.5, 0.6) is 46.0 Å². The van der Waals surface area contributed by atoms with E-state index in [0.717, 1.165) is 228 Å². The van der Waals surface area contributed by atoms with Crippen molar-refractivity contribution < 1.29 is 114 Å². The van der Waals surface area contributed by atoms with Gasteiger partial charge in [-0.05, 0) is 325 Å². The number of benzene rings is 5. The Kier molecular flexibility index (Phi) is 57.9. The van der Waals surface area contributed by atoms with Crippen LogP contribution in [0.25, 0.3) is 0 Å². The first-order valence-corrected chi connectivity index (χ1v) is 54.3. The molecule has 0 aromatic heterocycles. The van der Waals surface area contributed by atoms with E-state index >= 15 is 0 Å². The second kappa shape index (κ2) is 70.4. The molecule has 24 nitrogen and oxygen atoms in total. The van der Waals surface area contributed by atoms with Crippen LogP contribution in [0, 0.1) is 47.3 Å². The zero-order chi connectivity index (χ0) is 100. The number of unbranched alkanes of at least 4 members (excludes halogenated alkanes) is 23. The summed E-state index contributed by atoms with van der Waals surface area (Å²) in [6.45, 7) is 17.7. The summed E-state index contributed by atoms with van der Waals surface area (Å²) in [7, 11) is 0. The molecule has 0 unspecified atom stereocenters. The number of carbonyl (C=O) groups excluding carboxylic acids is 10. The van der Waals surface area contributed by atoms with Crippen LogP contribution in [0.2, 0.25) is 0 Å². The summed E-state index contributed by atoms with van der Waals surface area (Å²) in [6.07, 6.45) is 51.8. The lowest BCUT2D eigenvalue weighted by Gasteiger charge is -2.37. The molecule has 0 spiro atoms. The highest BCUT2D eigenvalue weighted by Crippen LogP contribution is 2.45. The van der Waals surface area contributed by atoms with Crippen LogP contribution in [0.15, 0.2) is 127 Å². The molecule has 5 aromatic rings. The highest BCUT2D eigenvalue weighted by atomic mass is 16.6. The lowest BCUT2D eigenvalue weighted by atomic mass is 9.68. The third kappa shape index (κ3) is 48.6. The van der Waals surface area contributed by atoms with E-state index in [9.17, 15) is 47.9 Å². The third-order valence-electron chi connectivity index (χ3n) is 27.8. The first-order chi connectivity index (χ1) is 68.8. The normalized spacial score (nSPS) is 17.7. The van der Waals surface area contributed by atoms with Crippen LogP contribution in [0.3, 0.4) is 0 Å². The first kappa shape index (κ1) is 116. The van der Waals surface area contributed by atoms with Gasteiger partial charge in [-0.25, -0.2) is 19.2 Å². The molecule has 4 aliphatic carbocycles. The molecule has 0 aliphatic heterocycles. The fourth-order valence-electron chi connectivity index (χ4n) is 19.2. The van der Waals surface area contributed by atoms with Crippen molar-refractivity contribution in [3.8, 4) is 46.0 Å². The van der Waals surface area contributed by atoms with Gasteiger partial charge < -0.3 is 66.3 Å². The van der Waals surface area contributed by atoms with Crippen molar-refractivity contribution in [2.45, 2.75) is 369 Å². The van der Waals surface area contributed by atoms with E-state index in [0.29, 0.717) is 134 Å². The third-order valence-corrected chi connectivity index (χ3v) is 27.8. The quantitative estimate of drug-likeness (QED) is 0.0115. The van der Waals surface area contributed by atoms with Gasteiger partial charge in [0.05, 0.1) is 115 Å². The molecule has 0 atom stereocenters. The van der Waals surface area contributed by atoms with E-state index < -0.39 is 29.8 Å². The van der Waals surface area contributed by atoms with Gasteiger partial charge in [0, 0.05) is 5.57 Å². The first-order valence-electron chi connectivity index (χ1n) is 54.3. The zero-order valence-corrected chi connectivity index (χ0v) is 85.9. The summed E-state index contributed by atoms with van der Waals surface area (Å²) in [6, 6.07) is 32.2. The average Bonchev–Trinajstić information content (AvgIpc) is 0.893. The molecule has 0 saturated heterocycles. The van der Waals surface area contributed by atoms with Gasteiger partial charge in [-0.3, -0.25) is 28.8 Å². The fraction of sp³-hybridized carbons (Fsp3) is 0.641. The van der Waals surface area contributed by atoms with Crippen LogP contribution >= 0.6 is 0 Å². The molecule has 780 valence electrons. The maximum Gasteiger partial charge on any atom is 0.343 e. The van der Waals surface area contributed by atoms with Crippen molar-refractivity contribution in [1.82, 2.24) is 0 Å². The molecule has 4 fully saturated rings. The Labute approximate surface area is 841 Å². The van der Waals surface area contributed by atoms with E-state index in [-0.39, 0.29) is 80.6 Å². The number of esters is 10.